The first-order chi connectivity index (χ1) is 15.2. The summed E-state index contributed by atoms with van der Waals surface area (Å²) in [5.74, 6) is -1.77. The SMILES string of the molecule is O=C1CC(c2ccco2)CC2=C1C(c1ccccc1[N+](=O)[O-])n1nc(C(F)(F)F)nc1N2. The zero-order valence-electron chi connectivity index (χ0n) is 16.2. The molecule has 0 fully saturated rings. The maximum absolute atomic E-state index is 13.3. The molecule has 1 aliphatic carbocycles. The molecule has 3 aromatic rings. The third kappa shape index (κ3) is 3.15. The molecule has 0 spiro atoms. The Morgan fingerprint density at radius 1 is 1.19 bits per heavy atom. The smallest absolute Gasteiger partial charge is 0.453 e. The molecule has 9 nitrogen and oxygen atoms in total. The van der Waals surface area contributed by atoms with Gasteiger partial charge < -0.3 is 9.73 Å². The fourth-order valence-electron chi connectivity index (χ4n) is 4.23. The number of nitro benzene ring substituents is 1. The van der Waals surface area contributed by atoms with E-state index in [1.807, 2.05) is 0 Å². The first kappa shape index (κ1) is 20.0. The summed E-state index contributed by atoms with van der Waals surface area (Å²) < 4.78 is 46.3. The van der Waals surface area contributed by atoms with Crippen molar-refractivity contribution in [1.29, 1.82) is 0 Å². The number of rotatable bonds is 3. The number of allylic oxidation sites excluding steroid dienone is 2. The standard InChI is InChI=1S/C20H14F3N5O4/c21-20(22,23)18-25-19-24-12-8-10(15-6-3-7-32-15)9-14(29)16(12)17(27(19)26-18)11-4-1-2-5-13(11)28(30)31/h1-7,10,17H,8-9H2,(H,24,25,26). The van der Waals surface area contributed by atoms with Crippen LogP contribution in [-0.4, -0.2) is 25.5 Å². The van der Waals surface area contributed by atoms with E-state index in [-0.39, 0.29) is 47.3 Å². The van der Waals surface area contributed by atoms with Crippen LogP contribution in [0.15, 0.2) is 58.3 Å². The van der Waals surface area contributed by atoms with Crippen LogP contribution in [0.3, 0.4) is 0 Å². The molecule has 1 aliphatic heterocycles. The summed E-state index contributed by atoms with van der Waals surface area (Å²) in [6.07, 6.45) is -3.05. The lowest BCUT2D eigenvalue weighted by Crippen LogP contribution is -2.33. The second kappa shape index (κ2) is 7.04. The lowest BCUT2D eigenvalue weighted by Gasteiger charge is -2.34. The van der Waals surface area contributed by atoms with Crippen molar-refractivity contribution >= 4 is 17.4 Å². The zero-order chi connectivity index (χ0) is 22.6. The van der Waals surface area contributed by atoms with Crippen LogP contribution in [0.25, 0.3) is 0 Å². The fourth-order valence-corrected chi connectivity index (χ4v) is 4.23. The lowest BCUT2D eigenvalue weighted by atomic mass is 9.79. The van der Waals surface area contributed by atoms with Crippen LogP contribution in [0.5, 0.6) is 0 Å². The summed E-state index contributed by atoms with van der Waals surface area (Å²) in [7, 11) is 0. The normalized spacial score (nSPS) is 20.5. The molecule has 1 N–H and O–H groups in total. The molecule has 2 aliphatic rings. The molecule has 3 heterocycles. The number of anilines is 1. The predicted octanol–water partition coefficient (Wildman–Crippen LogP) is 4.21. The van der Waals surface area contributed by atoms with Crippen molar-refractivity contribution in [2.45, 2.75) is 31.0 Å². The van der Waals surface area contributed by atoms with E-state index in [0.717, 1.165) is 4.68 Å². The highest BCUT2D eigenvalue weighted by Gasteiger charge is 2.45. The molecule has 0 amide bonds. The largest absolute Gasteiger partial charge is 0.469 e. The average Bonchev–Trinajstić information content (AvgIpc) is 3.41. The maximum Gasteiger partial charge on any atom is 0.453 e. The Balaban J connectivity index is 1.70. The van der Waals surface area contributed by atoms with Gasteiger partial charge in [0, 0.05) is 29.7 Å². The molecule has 1 aromatic carbocycles. The number of halogens is 3. The molecular formula is C20H14F3N5O4. The first-order valence-electron chi connectivity index (χ1n) is 9.57. The number of fused-ring (bicyclic) bond motifs is 1. The zero-order valence-corrected chi connectivity index (χ0v) is 16.2. The summed E-state index contributed by atoms with van der Waals surface area (Å²) in [4.78, 5) is 27.8. The Hall–Kier alpha value is -3.96. The number of hydrogen-bond donors (Lipinski definition) is 1. The van der Waals surface area contributed by atoms with Crippen molar-refractivity contribution in [3.63, 3.8) is 0 Å². The van der Waals surface area contributed by atoms with Gasteiger partial charge in [-0.15, -0.1) is 5.10 Å². The van der Waals surface area contributed by atoms with Crippen LogP contribution in [0.4, 0.5) is 24.8 Å². The highest BCUT2D eigenvalue weighted by atomic mass is 19.4. The Morgan fingerprint density at radius 3 is 2.66 bits per heavy atom. The van der Waals surface area contributed by atoms with Gasteiger partial charge in [0.25, 0.3) is 11.5 Å². The summed E-state index contributed by atoms with van der Waals surface area (Å²) in [5, 5.41) is 18.0. The van der Waals surface area contributed by atoms with Crippen LogP contribution in [0.2, 0.25) is 0 Å². The van der Waals surface area contributed by atoms with Crippen molar-refractivity contribution in [2.75, 3.05) is 5.32 Å². The van der Waals surface area contributed by atoms with Crippen molar-refractivity contribution in [3.05, 3.63) is 81.2 Å². The van der Waals surface area contributed by atoms with Crippen LogP contribution >= 0.6 is 0 Å². The molecule has 0 saturated heterocycles. The number of para-hydroxylation sites is 1. The van der Waals surface area contributed by atoms with E-state index in [4.69, 9.17) is 4.42 Å². The van der Waals surface area contributed by atoms with Gasteiger partial charge in [-0.2, -0.15) is 18.2 Å². The van der Waals surface area contributed by atoms with Gasteiger partial charge in [-0.1, -0.05) is 12.1 Å². The van der Waals surface area contributed by atoms with E-state index in [1.165, 1.54) is 30.5 Å². The number of nitrogens with one attached hydrogen (secondary N) is 1. The number of furan rings is 1. The third-order valence-electron chi connectivity index (χ3n) is 5.55. The Bertz CT molecular complexity index is 1260. The van der Waals surface area contributed by atoms with Gasteiger partial charge in [0.1, 0.15) is 11.8 Å². The van der Waals surface area contributed by atoms with Gasteiger partial charge in [-0.3, -0.25) is 14.9 Å². The molecular weight excluding hydrogens is 431 g/mol. The second-order valence-corrected chi connectivity index (χ2v) is 7.48. The first-order valence-corrected chi connectivity index (χ1v) is 9.57. The number of alkyl halides is 3. The van der Waals surface area contributed by atoms with Crippen LogP contribution < -0.4 is 5.32 Å². The van der Waals surface area contributed by atoms with E-state index < -0.39 is 23.0 Å². The fraction of sp³-hybridized carbons (Fsp3) is 0.250. The number of benzene rings is 1. The van der Waals surface area contributed by atoms with Gasteiger partial charge in [-0.05, 0) is 24.6 Å². The number of nitro groups is 1. The van der Waals surface area contributed by atoms with E-state index in [0.29, 0.717) is 11.5 Å². The minimum Gasteiger partial charge on any atom is -0.469 e. The van der Waals surface area contributed by atoms with Crippen molar-refractivity contribution in [1.82, 2.24) is 14.8 Å². The number of hydrogen-bond acceptors (Lipinski definition) is 7. The van der Waals surface area contributed by atoms with Crippen LogP contribution in [0, 0.1) is 10.1 Å². The van der Waals surface area contributed by atoms with Crippen LogP contribution in [0.1, 0.15) is 41.9 Å². The van der Waals surface area contributed by atoms with Gasteiger partial charge in [0.15, 0.2) is 5.78 Å². The monoisotopic (exact) mass is 445 g/mol. The molecule has 12 heteroatoms. The molecule has 164 valence electrons. The van der Waals surface area contributed by atoms with Gasteiger partial charge in [-0.25, -0.2) is 4.68 Å². The van der Waals surface area contributed by atoms with E-state index >= 15 is 0 Å². The van der Waals surface area contributed by atoms with E-state index in [1.54, 1.807) is 12.1 Å². The van der Waals surface area contributed by atoms with Crippen molar-refractivity contribution < 1.29 is 27.3 Å². The summed E-state index contributed by atoms with van der Waals surface area (Å²) in [6, 6.07) is 7.77. The second-order valence-electron chi connectivity index (χ2n) is 7.48. The Labute approximate surface area is 177 Å². The Morgan fingerprint density at radius 2 is 1.97 bits per heavy atom. The maximum atomic E-state index is 13.3. The topological polar surface area (TPSA) is 116 Å². The molecule has 0 radical (unpaired) electrons. The third-order valence-corrected chi connectivity index (χ3v) is 5.55. The van der Waals surface area contributed by atoms with Crippen molar-refractivity contribution in [2.24, 2.45) is 0 Å². The molecule has 0 saturated carbocycles. The quantitative estimate of drug-likeness (QED) is 0.474. The predicted molar refractivity (Wildman–Crippen MR) is 103 cm³/mol. The van der Waals surface area contributed by atoms with E-state index in [9.17, 15) is 28.1 Å². The molecule has 2 atom stereocenters. The minimum absolute atomic E-state index is 0.0430. The number of carbonyl (C=O) groups is 1. The van der Waals surface area contributed by atoms with E-state index in [2.05, 4.69) is 15.4 Å². The van der Waals surface area contributed by atoms with Crippen molar-refractivity contribution in [3.8, 4) is 0 Å². The number of Topliss-reactive ketones (excluding diaryl/α,β-unsaturated/α-hetero) is 1. The summed E-state index contributed by atoms with van der Waals surface area (Å²) in [6.45, 7) is 0. The summed E-state index contributed by atoms with van der Waals surface area (Å²) in [5.41, 5.74) is 0.200. The molecule has 2 aromatic heterocycles. The number of ketones is 1. The minimum atomic E-state index is -4.83. The highest BCUT2D eigenvalue weighted by Crippen LogP contribution is 2.46. The lowest BCUT2D eigenvalue weighted by molar-refractivity contribution is -0.385. The van der Waals surface area contributed by atoms with Gasteiger partial charge in [0.2, 0.25) is 5.95 Å². The van der Waals surface area contributed by atoms with Crippen LogP contribution in [-0.2, 0) is 11.0 Å². The number of aromatic nitrogens is 3. The Kier molecular flexibility index (Phi) is 4.39. The van der Waals surface area contributed by atoms with Gasteiger partial charge in [0.05, 0.1) is 16.7 Å². The molecule has 2 unspecified atom stereocenters. The molecule has 32 heavy (non-hydrogen) atoms. The molecule has 0 bridgehead atoms. The number of nitrogens with zero attached hydrogens (tertiary/aromatic N) is 4. The molecule has 5 rings (SSSR count). The number of carbonyl (C=O) groups excluding carboxylic acids is 1. The average molecular weight is 445 g/mol. The van der Waals surface area contributed by atoms with Gasteiger partial charge >= 0.3 is 6.18 Å². The summed E-state index contributed by atoms with van der Waals surface area (Å²) >= 11 is 0. The highest BCUT2D eigenvalue weighted by molar-refractivity contribution is 6.00.